The van der Waals surface area contributed by atoms with Crippen LogP contribution in [0, 0.1) is 5.92 Å². The quantitative estimate of drug-likeness (QED) is 0.799. The zero-order valence-corrected chi connectivity index (χ0v) is 12.7. The third-order valence-electron chi connectivity index (χ3n) is 5.17. The van der Waals surface area contributed by atoms with Gasteiger partial charge in [0.15, 0.2) is 0 Å². The van der Waals surface area contributed by atoms with Gasteiger partial charge in [-0.25, -0.2) is 4.79 Å². The smallest absolute Gasteiger partial charge is 0.339 e. The van der Waals surface area contributed by atoms with Crippen molar-refractivity contribution in [2.45, 2.75) is 31.4 Å². The van der Waals surface area contributed by atoms with Crippen LogP contribution in [0.5, 0.6) is 0 Å². The molecule has 2 bridgehead atoms. The molecular formula is C18H20N2O2. The van der Waals surface area contributed by atoms with Gasteiger partial charge in [0.05, 0.1) is 11.1 Å². The van der Waals surface area contributed by atoms with Crippen LogP contribution in [0.15, 0.2) is 36.5 Å². The second-order valence-corrected chi connectivity index (χ2v) is 6.49. The minimum Gasteiger partial charge on any atom is -0.458 e. The van der Waals surface area contributed by atoms with Crippen molar-refractivity contribution in [3.8, 4) is 0 Å². The SMILES string of the molecule is CN1C[C@@H]2CC[C@H]1C[C@H]2OC(=O)c1ccnc2ccccc12. The van der Waals surface area contributed by atoms with Crippen molar-refractivity contribution in [1.82, 2.24) is 9.88 Å². The van der Waals surface area contributed by atoms with E-state index in [2.05, 4.69) is 16.9 Å². The number of nitrogens with zero attached hydrogens (tertiary/aromatic N) is 2. The van der Waals surface area contributed by atoms with E-state index in [1.54, 1.807) is 12.3 Å². The second kappa shape index (κ2) is 5.36. The fourth-order valence-corrected chi connectivity index (χ4v) is 3.92. The van der Waals surface area contributed by atoms with Gasteiger partial charge in [-0.3, -0.25) is 4.98 Å². The summed E-state index contributed by atoms with van der Waals surface area (Å²) in [5, 5.41) is 0.869. The van der Waals surface area contributed by atoms with E-state index in [1.807, 2.05) is 24.3 Å². The molecule has 0 unspecified atom stereocenters. The normalized spacial score (nSPS) is 28.0. The fourth-order valence-electron chi connectivity index (χ4n) is 3.92. The number of carbonyl (C=O) groups excluding carboxylic acids is 1. The predicted octanol–water partition coefficient (Wildman–Crippen LogP) is 2.87. The van der Waals surface area contributed by atoms with E-state index in [9.17, 15) is 4.79 Å². The first-order valence-corrected chi connectivity index (χ1v) is 7.97. The fraction of sp³-hybridized carbons (Fsp3) is 0.444. The van der Waals surface area contributed by atoms with Gasteiger partial charge in [-0.15, -0.1) is 0 Å². The molecule has 3 atom stereocenters. The average Bonchev–Trinajstić information content (AvgIpc) is 2.55. The second-order valence-electron chi connectivity index (χ2n) is 6.49. The third kappa shape index (κ3) is 2.28. The number of esters is 1. The molecule has 114 valence electrons. The van der Waals surface area contributed by atoms with Crippen molar-refractivity contribution in [3.63, 3.8) is 0 Å². The Kier molecular flexibility index (Phi) is 3.34. The minimum atomic E-state index is -0.209. The van der Waals surface area contributed by atoms with Crippen LogP contribution < -0.4 is 0 Å². The summed E-state index contributed by atoms with van der Waals surface area (Å²) < 4.78 is 5.87. The Balaban J connectivity index is 1.57. The molecule has 2 aromatic rings. The molecule has 4 nitrogen and oxygen atoms in total. The van der Waals surface area contributed by atoms with Crippen LogP contribution in [0.4, 0.5) is 0 Å². The summed E-state index contributed by atoms with van der Waals surface area (Å²) in [5.41, 5.74) is 1.46. The first-order valence-electron chi connectivity index (χ1n) is 7.97. The van der Waals surface area contributed by atoms with Gasteiger partial charge in [-0.1, -0.05) is 18.2 Å². The highest BCUT2D eigenvalue weighted by Gasteiger charge is 2.40. The highest BCUT2D eigenvalue weighted by Crippen LogP contribution is 2.36. The van der Waals surface area contributed by atoms with Gasteiger partial charge < -0.3 is 9.64 Å². The standard InChI is InChI=1S/C18H20N2O2/c1-20-11-12-6-7-13(20)10-17(12)22-18(21)15-8-9-19-16-5-3-2-4-14(15)16/h2-5,8-9,12-13,17H,6-7,10-11H2,1H3/t12-,13-,17+/m0/s1. The van der Waals surface area contributed by atoms with Crippen LogP contribution >= 0.6 is 0 Å². The summed E-state index contributed by atoms with van der Waals surface area (Å²) in [7, 11) is 2.17. The molecule has 1 saturated carbocycles. The maximum Gasteiger partial charge on any atom is 0.339 e. The van der Waals surface area contributed by atoms with Gasteiger partial charge in [0.1, 0.15) is 6.10 Å². The molecule has 5 rings (SSSR count). The lowest BCUT2D eigenvalue weighted by Gasteiger charge is -2.47. The lowest BCUT2D eigenvalue weighted by Crippen LogP contribution is -2.53. The van der Waals surface area contributed by atoms with E-state index in [4.69, 9.17) is 4.74 Å². The summed E-state index contributed by atoms with van der Waals surface area (Å²) in [6.07, 6.45) is 5.11. The Bertz CT molecular complexity index is 710. The molecule has 4 heteroatoms. The largest absolute Gasteiger partial charge is 0.458 e. The maximum atomic E-state index is 12.6. The van der Waals surface area contributed by atoms with Crippen molar-refractivity contribution in [2.24, 2.45) is 5.92 Å². The number of rotatable bonds is 2. The van der Waals surface area contributed by atoms with E-state index in [0.29, 0.717) is 17.5 Å². The summed E-state index contributed by atoms with van der Waals surface area (Å²) in [6.45, 7) is 1.04. The van der Waals surface area contributed by atoms with Crippen molar-refractivity contribution in [2.75, 3.05) is 13.6 Å². The molecular weight excluding hydrogens is 276 g/mol. The molecule has 1 aliphatic carbocycles. The molecule has 0 amide bonds. The number of ether oxygens (including phenoxy) is 1. The predicted molar refractivity (Wildman–Crippen MR) is 84.7 cm³/mol. The monoisotopic (exact) mass is 296 g/mol. The van der Waals surface area contributed by atoms with Gasteiger partial charge in [0.25, 0.3) is 0 Å². The highest BCUT2D eigenvalue weighted by atomic mass is 16.5. The van der Waals surface area contributed by atoms with Gasteiger partial charge >= 0.3 is 5.97 Å². The molecule has 2 saturated heterocycles. The van der Waals surface area contributed by atoms with Crippen molar-refractivity contribution < 1.29 is 9.53 Å². The van der Waals surface area contributed by atoms with Crippen molar-refractivity contribution in [1.29, 1.82) is 0 Å². The van der Waals surface area contributed by atoms with Crippen LogP contribution in [0.1, 0.15) is 29.6 Å². The van der Waals surface area contributed by atoms with E-state index >= 15 is 0 Å². The van der Waals surface area contributed by atoms with Crippen molar-refractivity contribution >= 4 is 16.9 Å². The highest BCUT2D eigenvalue weighted by molar-refractivity contribution is 6.03. The summed E-state index contributed by atoms with van der Waals surface area (Å²) in [5.74, 6) is 0.269. The molecule has 2 aliphatic heterocycles. The zero-order chi connectivity index (χ0) is 15.1. The van der Waals surface area contributed by atoms with Crippen LogP contribution in [0.2, 0.25) is 0 Å². The lowest BCUT2D eigenvalue weighted by molar-refractivity contribution is -0.0557. The number of aromatic nitrogens is 1. The van der Waals surface area contributed by atoms with Gasteiger partial charge in [0.2, 0.25) is 0 Å². The Morgan fingerprint density at radius 2 is 2.14 bits per heavy atom. The Labute approximate surface area is 130 Å². The van der Waals surface area contributed by atoms with Crippen molar-refractivity contribution in [3.05, 3.63) is 42.1 Å². The van der Waals surface area contributed by atoms with E-state index < -0.39 is 0 Å². The van der Waals surface area contributed by atoms with Gasteiger partial charge in [0, 0.05) is 36.5 Å². The van der Waals surface area contributed by atoms with Gasteiger partial charge in [-0.05, 0) is 32.0 Å². The number of hydrogen-bond donors (Lipinski definition) is 0. The minimum absolute atomic E-state index is 0.0642. The number of benzene rings is 1. The molecule has 3 heterocycles. The topological polar surface area (TPSA) is 42.4 Å². The molecule has 0 spiro atoms. The first kappa shape index (κ1) is 13.7. The number of carbonyl (C=O) groups is 1. The zero-order valence-electron chi connectivity index (χ0n) is 12.7. The van der Waals surface area contributed by atoms with Crippen LogP contribution in [-0.2, 0) is 4.74 Å². The Morgan fingerprint density at radius 1 is 1.27 bits per heavy atom. The van der Waals surface area contributed by atoms with E-state index in [1.165, 1.54) is 12.8 Å². The first-order chi connectivity index (χ1) is 10.7. The Hall–Kier alpha value is -1.94. The molecule has 1 aromatic heterocycles. The molecule has 3 aliphatic rings. The van der Waals surface area contributed by atoms with E-state index in [0.717, 1.165) is 23.9 Å². The van der Waals surface area contributed by atoms with Crippen LogP contribution in [0.3, 0.4) is 0 Å². The average molecular weight is 296 g/mol. The maximum absolute atomic E-state index is 12.6. The number of para-hydroxylation sites is 1. The molecule has 0 N–H and O–H groups in total. The molecule has 22 heavy (non-hydrogen) atoms. The lowest BCUT2D eigenvalue weighted by atomic mass is 9.78. The summed E-state index contributed by atoms with van der Waals surface area (Å²) in [6, 6.07) is 10.0. The molecule has 1 aromatic carbocycles. The molecule has 0 radical (unpaired) electrons. The number of fused-ring (bicyclic) bond motifs is 4. The molecule has 3 fully saturated rings. The van der Waals surface area contributed by atoms with Gasteiger partial charge in [-0.2, -0.15) is 0 Å². The number of pyridine rings is 1. The summed E-state index contributed by atoms with van der Waals surface area (Å²) in [4.78, 5) is 19.3. The van der Waals surface area contributed by atoms with Crippen LogP contribution in [-0.4, -0.2) is 41.6 Å². The Morgan fingerprint density at radius 3 is 2.91 bits per heavy atom. The van der Waals surface area contributed by atoms with Crippen LogP contribution in [0.25, 0.3) is 10.9 Å². The third-order valence-corrected chi connectivity index (χ3v) is 5.17. The number of hydrogen-bond acceptors (Lipinski definition) is 4. The van der Waals surface area contributed by atoms with E-state index in [-0.39, 0.29) is 12.1 Å². The summed E-state index contributed by atoms with van der Waals surface area (Å²) >= 11 is 0. The number of piperidine rings is 2.